The van der Waals surface area contributed by atoms with E-state index >= 15 is 0 Å². The Morgan fingerprint density at radius 3 is 2.03 bits per heavy atom. The van der Waals surface area contributed by atoms with E-state index in [0.29, 0.717) is 21.8 Å². The zero-order valence-electron chi connectivity index (χ0n) is 16.2. The van der Waals surface area contributed by atoms with E-state index in [0.717, 1.165) is 16.9 Å². The zero-order valence-corrected chi connectivity index (χ0v) is 17.8. The lowest BCUT2D eigenvalue weighted by molar-refractivity contribution is -0.137. The van der Waals surface area contributed by atoms with Crippen molar-refractivity contribution in [3.8, 4) is 22.5 Å². The summed E-state index contributed by atoms with van der Waals surface area (Å²) in [4.78, 5) is 3.43. The third-order valence-corrected chi connectivity index (χ3v) is 6.18. The van der Waals surface area contributed by atoms with Crippen molar-refractivity contribution >= 4 is 21.6 Å². The van der Waals surface area contributed by atoms with E-state index in [1.54, 1.807) is 48.5 Å². The van der Waals surface area contributed by atoms with Crippen LogP contribution in [0.4, 0.5) is 13.2 Å². The molecular formula is C22H15ClF3N3O2S. The zero-order chi connectivity index (χ0) is 22.9. The van der Waals surface area contributed by atoms with Crippen LogP contribution in [0.2, 0.25) is 5.02 Å². The fraction of sp³-hybridized carbons (Fsp3) is 0.0455. The van der Waals surface area contributed by atoms with Crippen LogP contribution in [-0.2, 0) is 16.2 Å². The number of nitrogens with one attached hydrogen (secondary N) is 1. The minimum atomic E-state index is -4.48. The van der Waals surface area contributed by atoms with Gasteiger partial charge in [-0.1, -0.05) is 54.1 Å². The van der Waals surface area contributed by atoms with Crippen LogP contribution in [0, 0.1) is 0 Å². The summed E-state index contributed by atoms with van der Waals surface area (Å²) >= 11 is 5.93. The van der Waals surface area contributed by atoms with Crippen molar-refractivity contribution in [1.29, 1.82) is 0 Å². The molecule has 0 amide bonds. The molecule has 0 bridgehead atoms. The van der Waals surface area contributed by atoms with Crippen LogP contribution >= 0.6 is 11.6 Å². The Kier molecular flexibility index (Phi) is 5.70. The molecule has 32 heavy (non-hydrogen) atoms. The topological polar surface area (TPSA) is 64.0 Å². The van der Waals surface area contributed by atoms with E-state index in [2.05, 4.69) is 9.93 Å². The smallest absolute Gasteiger partial charge is 0.200 e. The third-order valence-electron chi connectivity index (χ3n) is 4.62. The summed E-state index contributed by atoms with van der Waals surface area (Å²) in [6.45, 7) is 0. The highest BCUT2D eigenvalue weighted by molar-refractivity contribution is 7.92. The molecule has 164 valence electrons. The molecule has 0 saturated heterocycles. The Morgan fingerprint density at radius 1 is 0.844 bits per heavy atom. The van der Waals surface area contributed by atoms with Crippen molar-refractivity contribution in [3.05, 3.63) is 95.5 Å². The molecule has 0 spiro atoms. The monoisotopic (exact) mass is 477 g/mol. The molecule has 0 unspecified atom stereocenters. The molecule has 0 aliphatic heterocycles. The maximum Gasteiger partial charge on any atom is 0.416 e. The largest absolute Gasteiger partial charge is 0.416 e. The molecule has 5 nitrogen and oxygen atoms in total. The van der Waals surface area contributed by atoms with Gasteiger partial charge in [0.25, 0.3) is 10.0 Å². The van der Waals surface area contributed by atoms with Gasteiger partial charge in [-0.15, -0.1) is 0 Å². The number of halogens is 4. The van der Waals surface area contributed by atoms with Crippen molar-refractivity contribution in [3.63, 3.8) is 0 Å². The van der Waals surface area contributed by atoms with Gasteiger partial charge in [0.15, 0.2) is 0 Å². The molecule has 3 aromatic carbocycles. The van der Waals surface area contributed by atoms with Crippen molar-refractivity contribution in [2.45, 2.75) is 11.1 Å². The summed E-state index contributed by atoms with van der Waals surface area (Å²) in [5.41, 5.74) is 0.868. The number of hydrogen-bond acceptors (Lipinski definition) is 3. The van der Waals surface area contributed by atoms with Crippen LogP contribution < -0.4 is 4.83 Å². The summed E-state index contributed by atoms with van der Waals surface area (Å²) in [6, 6.07) is 20.4. The van der Waals surface area contributed by atoms with Gasteiger partial charge in [-0.05, 0) is 42.5 Å². The Hall–Kier alpha value is -3.30. The van der Waals surface area contributed by atoms with Crippen LogP contribution in [0.5, 0.6) is 0 Å². The number of sulfonamides is 1. The minimum Gasteiger partial charge on any atom is -0.200 e. The Labute approximate surface area is 187 Å². The van der Waals surface area contributed by atoms with Gasteiger partial charge in [-0.25, -0.2) is 0 Å². The van der Waals surface area contributed by atoms with Crippen molar-refractivity contribution < 1.29 is 21.6 Å². The first-order chi connectivity index (χ1) is 15.1. The molecule has 1 N–H and O–H groups in total. The lowest BCUT2D eigenvalue weighted by Crippen LogP contribution is -2.25. The van der Waals surface area contributed by atoms with Gasteiger partial charge >= 0.3 is 6.18 Å². The van der Waals surface area contributed by atoms with E-state index in [9.17, 15) is 21.6 Å². The lowest BCUT2D eigenvalue weighted by atomic mass is 10.1. The molecule has 1 heterocycles. The van der Waals surface area contributed by atoms with Gasteiger partial charge in [0.2, 0.25) is 0 Å². The summed E-state index contributed by atoms with van der Waals surface area (Å²) < 4.78 is 64.5. The van der Waals surface area contributed by atoms with E-state index in [1.807, 2.05) is 0 Å². The maximum absolute atomic E-state index is 12.9. The van der Waals surface area contributed by atoms with Gasteiger partial charge < -0.3 is 0 Å². The number of nitrogens with zero attached hydrogens (tertiary/aromatic N) is 2. The third kappa shape index (κ3) is 4.63. The normalized spacial score (nSPS) is 12.0. The number of benzene rings is 3. The fourth-order valence-electron chi connectivity index (χ4n) is 3.01. The first-order valence-electron chi connectivity index (χ1n) is 9.25. The molecule has 10 heteroatoms. The predicted molar refractivity (Wildman–Crippen MR) is 116 cm³/mol. The number of hydrogen-bond donors (Lipinski definition) is 1. The van der Waals surface area contributed by atoms with Gasteiger partial charge in [-0.2, -0.15) is 36.3 Å². The highest BCUT2D eigenvalue weighted by Crippen LogP contribution is 2.32. The molecule has 4 aromatic rings. The summed E-state index contributed by atoms with van der Waals surface area (Å²) in [6.07, 6.45) is -4.48. The van der Waals surface area contributed by atoms with Gasteiger partial charge in [0.1, 0.15) is 0 Å². The second kappa shape index (κ2) is 8.33. The summed E-state index contributed by atoms with van der Waals surface area (Å²) in [5, 5.41) is 4.84. The highest BCUT2D eigenvalue weighted by atomic mass is 35.5. The standard InChI is InChI=1S/C22H15ClF3N3O2S/c23-18-12-8-15(9-13-18)20-14-21(16-6-10-17(11-7-16)22(24,25)26)29(27-20)28-32(30,31)19-4-2-1-3-5-19/h1-14,28H. The molecule has 4 rings (SSSR count). The van der Waals surface area contributed by atoms with E-state index < -0.39 is 21.8 Å². The second-order valence-corrected chi connectivity index (χ2v) is 8.91. The first-order valence-corrected chi connectivity index (χ1v) is 11.1. The summed E-state index contributed by atoms with van der Waals surface area (Å²) in [5.74, 6) is 0. The number of alkyl halides is 3. The molecule has 0 saturated carbocycles. The molecule has 0 aliphatic carbocycles. The minimum absolute atomic E-state index is 0.0157. The second-order valence-electron chi connectivity index (χ2n) is 6.82. The SMILES string of the molecule is O=S(=O)(Nn1nc(-c2ccc(Cl)cc2)cc1-c1ccc(C(F)(F)F)cc1)c1ccccc1. The quantitative estimate of drug-likeness (QED) is 0.394. The van der Waals surface area contributed by atoms with E-state index in [4.69, 9.17) is 11.6 Å². The number of aromatic nitrogens is 2. The molecule has 0 aliphatic rings. The molecule has 0 fully saturated rings. The molecular weight excluding hydrogens is 463 g/mol. The van der Waals surface area contributed by atoms with Crippen LogP contribution in [0.3, 0.4) is 0 Å². The Balaban J connectivity index is 1.79. The first kappa shape index (κ1) is 21.9. The predicted octanol–water partition coefficient (Wildman–Crippen LogP) is 5.82. The Morgan fingerprint density at radius 2 is 1.44 bits per heavy atom. The molecule has 1 aromatic heterocycles. The van der Waals surface area contributed by atoms with Crippen LogP contribution in [-0.4, -0.2) is 18.3 Å². The number of rotatable bonds is 5. The van der Waals surface area contributed by atoms with Gasteiger partial charge in [-0.3, -0.25) is 0 Å². The van der Waals surface area contributed by atoms with Crippen LogP contribution in [0.1, 0.15) is 5.56 Å². The van der Waals surface area contributed by atoms with E-state index in [-0.39, 0.29) is 10.6 Å². The van der Waals surface area contributed by atoms with E-state index in [1.165, 1.54) is 24.3 Å². The van der Waals surface area contributed by atoms with Gasteiger partial charge in [0, 0.05) is 16.1 Å². The van der Waals surface area contributed by atoms with Gasteiger partial charge in [0.05, 0.1) is 21.8 Å². The molecule has 0 radical (unpaired) electrons. The maximum atomic E-state index is 12.9. The Bertz CT molecular complexity index is 1340. The van der Waals surface area contributed by atoms with Crippen molar-refractivity contribution in [2.75, 3.05) is 4.83 Å². The molecule has 0 atom stereocenters. The average molecular weight is 478 g/mol. The average Bonchev–Trinajstić information content (AvgIpc) is 3.17. The fourth-order valence-corrected chi connectivity index (χ4v) is 4.13. The van der Waals surface area contributed by atoms with Crippen molar-refractivity contribution in [1.82, 2.24) is 9.89 Å². The summed E-state index contributed by atoms with van der Waals surface area (Å²) in [7, 11) is -4.00. The van der Waals surface area contributed by atoms with Crippen molar-refractivity contribution in [2.24, 2.45) is 0 Å². The lowest BCUT2D eigenvalue weighted by Gasteiger charge is -2.12. The highest BCUT2D eigenvalue weighted by Gasteiger charge is 2.30. The van der Waals surface area contributed by atoms with Crippen LogP contribution in [0.25, 0.3) is 22.5 Å². The van der Waals surface area contributed by atoms with Crippen LogP contribution in [0.15, 0.2) is 89.8 Å².